The molecule has 2 fully saturated rings. The maximum atomic E-state index is 6.18. The first-order valence-electron chi connectivity index (χ1n) is 7.73. The number of hydrogen-bond donors (Lipinski definition) is 2. The molecule has 1 aromatic carbocycles. The Morgan fingerprint density at radius 1 is 1.30 bits per heavy atom. The number of benzene rings is 1. The largest absolute Gasteiger partial charge is 0.373 e. The predicted molar refractivity (Wildman–Crippen MR) is 106 cm³/mol. The fraction of sp³-hybridized carbons (Fsp3) is 0.562. The first kappa shape index (κ1) is 19.1. The summed E-state index contributed by atoms with van der Waals surface area (Å²) < 4.78 is 5.86. The number of ether oxygens (including phenoxy) is 1. The molecule has 2 N–H and O–H groups in total. The summed E-state index contributed by atoms with van der Waals surface area (Å²) in [6.45, 7) is 0.727. The molecular weight excluding hydrogens is 448 g/mol. The third-order valence-corrected chi connectivity index (χ3v) is 5.09. The van der Waals surface area contributed by atoms with Gasteiger partial charge in [-0.25, -0.2) is 0 Å². The lowest BCUT2D eigenvalue weighted by Gasteiger charge is -2.22. The molecule has 1 aromatic rings. The Hall–Kier alpha value is -0.240. The van der Waals surface area contributed by atoms with E-state index >= 15 is 0 Å². The molecule has 0 amide bonds. The molecular formula is C16H22Cl2IN3O. The molecule has 0 saturated carbocycles. The van der Waals surface area contributed by atoms with Crippen molar-refractivity contribution < 1.29 is 4.74 Å². The predicted octanol–water partition coefficient (Wildman–Crippen LogP) is 3.64. The van der Waals surface area contributed by atoms with Crippen molar-refractivity contribution in [3.8, 4) is 0 Å². The summed E-state index contributed by atoms with van der Waals surface area (Å²) in [6.07, 6.45) is 4.94. The van der Waals surface area contributed by atoms with Gasteiger partial charge in [-0.1, -0.05) is 29.3 Å². The van der Waals surface area contributed by atoms with E-state index in [-0.39, 0.29) is 24.0 Å². The van der Waals surface area contributed by atoms with E-state index in [0.29, 0.717) is 28.3 Å². The summed E-state index contributed by atoms with van der Waals surface area (Å²) in [7, 11) is 1.78. The van der Waals surface area contributed by atoms with E-state index in [1.165, 1.54) is 6.42 Å². The highest BCUT2D eigenvalue weighted by Gasteiger charge is 2.41. The topological polar surface area (TPSA) is 45.7 Å². The normalized spacial score (nSPS) is 26.0. The number of guanidine groups is 1. The summed E-state index contributed by atoms with van der Waals surface area (Å²) in [6, 6.07) is 5.95. The van der Waals surface area contributed by atoms with Crippen LogP contribution >= 0.6 is 47.2 Å². The summed E-state index contributed by atoms with van der Waals surface area (Å²) in [5, 5.41) is 8.20. The number of rotatable bonds is 4. The van der Waals surface area contributed by atoms with Gasteiger partial charge in [-0.2, -0.15) is 0 Å². The quantitative estimate of drug-likeness (QED) is 0.402. The fourth-order valence-corrected chi connectivity index (χ4v) is 3.82. The molecule has 23 heavy (non-hydrogen) atoms. The van der Waals surface area contributed by atoms with Crippen molar-refractivity contribution in [1.82, 2.24) is 10.6 Å². The van der Waals surface area contributed by atoms with E-state index in [9.17, 15) is 0 Å². The van der Waals surface area contributed by atoms with Crippen LogP contribution in [0.4, 0.5) is 0 Å². The zero-order valence-electron chi connectivity index (χ0n) is 13.0. The molecule has 4 nitrogen and oxygen atoms in total. The number of hydrogen-bond acceptors (Lipinski definition) is 2. The lowest BCUT2D eigenvalue weighted by Crippen LogP contribution is -2.47. The van der Waals surface area contributed by atoms with Crippen LogP contribution in [0.5, 0.6) is 0 Å². The molecule has 0 aliphatic carbocycles. The average molecular weight is 470 g/mol. The second-order valence-electron chi connectivity index (χ2n) is 5.81. The van der Waals surface area contributed by atoms with Crippen molar-refractivity contribution >= 4 is 53.1 Å². The lowest BCUT2D eigenvalue weighted by molar-refractivity contribution is 0.0992. The third kappa shape index (κ3) is 4.65. The van der Waals surface area contributed by atoms with E-state index in [1.807, 2.05) is 18.2 Å². The van der Waals surface area contributed by atoms with E-state index in [4.69, 9.17) is 27.9 Å². The minimum Gasteiger partial charge on any atom is -0.373 e. The molecule has 3 rings (SSSR count). The number of nitrogens with zero attached hydrogens (tertiary/aromatic N) is 1. The zero-order chi connectivity index (χ0) is 15.5. The number of fused-ring (bicyclic) bond motifs is 2. The van der Waals surface area contributed by atoms with Crippen molar-refractivity contribution in [2.45, 2.75) is 43.9 Å². The van der Waals surface area contributed by atoms with Crippen LogP contribution in [0.15, 0.2) is 23.2 Å². The molecule has 3 unspecified atom stereocenters. The first-order chi connectivity index (χ1) is 10.7. The molecule has 0 spiro atoms. The van der Waals surface area contributed by atoms with Crippen LogP contribution in [0.25, 0.3) is 0 Å². The SMILES string of the molecule is CN=C(NCCc1c(Cl)cccc1Cl)NC1CC2CCC1O2.I. The number of aliphatic imine (C=N–C) groups is 1. The van der Waals surface area contributed by atoms with Crippen LogP contribution < -0.4 is 10.6 Å². The minimum atomic E-state index is 0. The van der Waals surface area contributed by atoms with Gasteiger partial charge in [-0.15, -0.1) is 24.0 Å². The van der Waals surface area contributed by atoms with E-state index < -0.39 is 0 Å². The van der Waals surface area contributed by atoms with Crippen LogP contribution in [0, 0.1) is 0 Å². The van der Waals surface area contributed by atoms with Crippen molar-refractivity contribution in [1.29, 1.82) is 0 Å². The Kier molecular flexibility index (Phi) is 7.25. The molecule has 2 bridgehead atoms. The van der Waals surface area contributed by atoms with Gasteiger partial charge in [-0.05, 0) is 43.4 Å². The summed E-state index contributed by atoms with van der Waals surface area (Å²) in [5.74, 6) is 0.810. The van der Waals surface area contributed by atoms with Crippen molar-refractivity contribution in [3.05, 3.63) is 33.8 Å². The van der Waals surface area contributed by atoms with Gasteiger partial charge in [0.1, 0.15) is 0 Å². The number of halogens is 3. The fourth-order valence-electron chi connectivity index (χ4n) is 3.24. The minimum absolute atomic E-state index is 0. The first-order valence-corrected chi connectivity index (χ1v) is 8.48. The van der Waals surface area contributed by atoms with Crippen molar-refractivity contribution in [3.63, 3.8) is 0 Å². The molecule has 2 heterocycles. The molecule has 0 aromatic heterocycles. The smallest absolute Gasteiger partial charge is 0.191 e. The maximum absolute atomic E-state index is 6.18. The molecule has 7 heteroatoms. The van der Waals surface area contributed by atoms with Crippen molar-refractivity contribution in [2.24, 2.45) is 4.99 Å². The van der Waals surface area contributed by atoms with Crippen LogP contribution in [-0.4, -0.2) is 37.8 Å². The van der Waals surface area contributed by atoms with E-state index in [2.05, 4.69) is 15.6 Å². The Bertz CT molecular complexity index is 550. The molecule has 2 saturated heterocycles. The number of nitrogens with one attached hydrogen (secondary N) is 2. The van der Waals surface area contributed by atoms with Gasteiger partial charge in [0.2, 0.25) is 0 Å². The summed E-state index contributed by atoms with van der Waals surface area (Å²) >= 11 is 12.4. The Labute approximate surface area is 164 Å². The maximum Gasteiger partial charge on any atom is 0.191 e. The highest BCUT2D eigenvalue weighted by molar-refractivity contribution is 14.0. The van der Waals surface area contributed by atoms with Gasteiger partial charge in [0.25, 0.3) is 0 Å². The third-order valence-electron chi connectivity index (χ3n) is 4.38. The van der Waals surface area contributed by atoms with Crippen LogP contribution in [0.3, 0.4) is 0 Å². The molecule has 2 aliphatic heterocycles. The Balaban J connectivity index is 0.00000192. The van der Waals surface area contributed by atoms with Crippen LogP contribution in [0.1, 0.15) is 24.8 Å². The molecule has 128 valence electrons. The second kappa shape index (κ2) is 8.74. The summed E-state index contributed by atoms with van der Waals surface area (Å²) in [5.41, 5.74) is 0.969. The molecule has 2 aliphatic rings. The highest BCUT2D eigenvalue weighted by atomic mass is 127. The van der Waals surface area contributed by atoms with E-state index in [1.54, 1.807) is 7.05 Å². The van der Waals surface area contributed by atoms with Gasteiger partial charge in [0.05, 0.1) is 18.2 Å². The highest BCUT2D eigenvalue weighted by Crippen LogP contribution is 2.34. The molecule has 3 atom stereocenters. The second-order valence-corrected chi connectivity index (χ2v) is 6.62. The van der Waals surface area contributed by atoms with Crippen LogP contribution in [-0.2, 0) is 11.2 Å². The van der Waals surface area contributed by atoms with Gasteiger partial charge in [-0.3, -0.25) is 4.99 Å². The monoisotopic (exact) mass is 469 g/mol. The summed E-state index contributed by atoms with van der Waals surface area (Å²) in [4.78, 5) is 4.28. The Morgan fingerprint density at radius 3 is 2.61 bits per heavy atom. The molecule has 0 radical (unpaired) electrons. The van der Waals surface area contributed by atoms with Gasteiger partial charge < -0.3 is 15.4 Å². The van der Waals surface area contributed by atoms with Gasteiger partial charge in [0.15, 0.2) is 5.96 Å². The van der Waals surface area contributed by atoms with E-state index in [0.717, 1.165) is 37.3 Å². The van der Waals surface area contributed by atoms with Crippen LogP contribution in [0.2, 0.25) is 10.0 Å². The zero-order valence-corrected chi connectivity index (χ0v) is 16.9. The van der Waals surface area contributed by atoms with Gasteiger partial charge in [0, 0.05) is 23.6 Å². The standard InChI is InChI=1S/C16H21Cl2N3O.HI/c1-19-16(21-14-9-10-5-6-15(14)22-10)20-8-7-11-12(17)3-2-4-13(11)18;/h2-4,10,14-15H,5-9H2,1H3,(H2,19,20,21);1H. The van der Waals surface area contributed by atoms with Crippen molar-refractivity contribution in [2.75, 3.05) is 13.6 Å². The Morgan fingerprint density at radius 2 is 2.04 bits per heavy atom. The van der Waals surface area contributed by atoms with Gasteiger partial charge >= 0.3 is 0 Å². The lowest BCUT2D eigenvalue weighted by atomic mass is 9.96. The average Bonchev–Trinajstić information content (AvgIpc) is 3.11.